The second-order valence-electron chi connectivity index (χ2n) is 7.73. The second kappa shape index (κ2) is 8.33. The molecule has 1 heterocycles. The molecule has 188 valence electrons. The summed E-state index contributed by atoms with van der Waals surface area (Å²) >= 11 is 0. The van der Waals surface area contributed by atoms with Gasteiger partial charge in [0.1, 0.15) is 0 Å². The number of hydrazine groups is 1. The standard InChI is InChI=1S/C20H14F12N2/c21-17(22,23)11-3-9(4-12(7-11)18(24,25)26)15-1-2-16(34(15)33)10-5-13(19(27,28)29)8-14(6-10)20(30,31)32/h3-8,15-16H,1-2,33H2/t15-,16-/m0/s1. The average Bonchev–Trinajstić information content (AvgIpc) is 3.06. The zero-order chi connectivity index (χ0) is 25.9. The molecule has 0 saturated carbocycles. The summed E-state index contributed by atoms with van der Waals surface area (Å²) in [5.74, 6) is 5.83. The number of rotatable bonds is 2. The molecular formula is C20H14F12N2. The lowest BCUT2D eigenvalue weighted by molar-refractivity contribution is -0.144. The molecule has 2 N–H and O–H groups in total. The Hall–Kier alpha value is -2.48. The van der Waals surface area contributed by atoms with Crippen molar-refractivity contribution >= 4 is 0 Å². The van der Waals surface area contributed by atoms with E-state index < -0.39 is 70.2 Å². The zero-order valence-corrected chi connectivity index (χ0v) is 16.6. The van der Waals surface area contributed by atoms with Gasteiger partial charge in [0.15, 0.2) is 0 Å². The fourth-order valence-corrected chi connectivity index (χ4v) is 3.85. The molecule has 1 saturated heterocycles. The number of hydrogen-bond donors (Lipinski definition) is 1. The van der Waals surface area contributed by atoms with Gasteiger partial charge in [-0.2, -0.15) is 52.7 Å². The van der Waals surface area contributed by atoms with Gasteiger partial charge in [-0.15, -0.1) is 0 Å². The zero-order valence-electron chi connectivity index (χ0n) is 16.6. The smallest absolute Gasteiger partial charge is 0.268 e. The maximum absolute atomic E-state index is 13.1. The number of halogens is 12. The van der Waals surface area contributed by atoms with Crippen LogP contribution in [-0.2, 0) is 24.7 Å². The minimum Gasteiger partial charge on any atom is -0.268 e. The Kier molecular flexibility index (Phi) is 6.40. The van der Waals surface area contributed by atoms with Crippen LogP contribution in [0, 0.1) is 0 Å². The molecule has 0 radical (unpaired) electrons. The van der Waals surface area contributed by atoms with E-state index in [-0.39, 0.29) is 25.0 Å². The quantitative estimate of drug-likeness (QED) is 0.335. The van der Waals surface area contributed by atoms with Gasteiger partial charge in [-0.05, 0) is 60.4 Å². The Morgan fingerprint density at radius 1 is 0.500 bits per heavy atom. The molecule has 0 bridgehead atoms. The number of hydrogen-bond acceptors (Lipinski definition) is 2. The van der Waals surface area contributed by atoms with E-state index in [4.69, 9.17) is 5.84 Å². The lowest BCUT2D eigenvalue weighted by atomic mass is 9.97. The summed E-state index contributed by atoms with van der Waals surface area (Å²) in [6.45, 7) is 0. The van der Waals surface area contributed by atoms with Gasteiger partial charge in [-0.3, -0.25) is 5.84 Å². The van der Waals surface area contributed by atoms with Crippen LogP contribution >= 0.6 is 0 Å². The normalized spacial score (nSPS) is 20.7. The van der Waals surface area contributed by atoms with E-state index in [0.717, 1.165) is 0 Å². The molecule has 2 nitrogen and oxygen atoms in total. The van der Waals surface area contributed by atoms with Crippen LogP contribution in [0.1, 0.15) is 58.3 Å². The first-order valence-corrected chi connectivity index (χ1v) is 9.40. The summed E-state index contributed by atoms with van der Waals surface area (Å²) < 4.78 is 158. The molecule has 3 rings (SSSR count). The molecule has 0 amide bonds. The summed E-state index contributed by atoms with van der Waals surface area (Å²) in [5, 5.41) is 0.686. The van der Waals surface area contributed by atoms with Gasteiger partial charge >= 0.3 is 24.7 Å². The molecule has 1 aliphatic rings. The van der Waals surface area contributed by atoms with Crippen LogP contribution in [-0.4, -0.2) is 5.01 Å². The third-order valence-corrected chi connectivity index (χ3v) is 5.42. The van der Waals surface area contributed by atoms with Crippen LogP contribution < -0.4 is 5.84 Å². The van der Waals surface area contributed by atoms with E-state index >= 15 is 0 Å². The Bertz CT molecular complexity index is 901. The van der Waals surface area contributed by atoms with Crippen molar-refractivity contribution in [3.63, 3.8) is 0 Å². The van der Waals surface area contributed by atoms with Gasteiger partial charge in [0, 0.05) is 12.1 Å². The van der Waals surface area contributed by atoms with Crippen molar-refractivity contribution in [1.82, 2.24) is 5.01 Å². The van der Waals surface area contributed by atoms with Gasteiger partial charge in [0.2, 0.25) is 0 Å². The summed E-state index contributed by atoms with van der Waals surface area (Å²) in [6, 6.07) is -1.14. The Morgan fingerprint density at radius 3 is 0.941 bits per heavy atom. The Labute approximate surface area is 183 Å². The minimum absolute atomic E-state index is 0.0980. The highest BCUT2D eigenvalue weighted by molar-refractivity contribution is 5.38. The minimum atomic E-state index is -5.14. The van der Waals surface area contributed by atoms with E-state index in [2.05, 4.69) is 0 Å². The number of nitrogens with zero attached hydrogens (tertiary/aromatic N) is 1. The molecule has 2 atom stereocenters. The van der Waals surface area contributed by atoms with Crippen LogP contribution in [0.15, 0.2) is 36.4 Å². The summed E-state index contributed by atoms with van der Waals surface area (Å²) in [7, 11) is 0. The lowest BCUT2D eigenvalue weighted by Crippen LogP contribution is -2.33. The third-order valence-electron chi connectivity index (χ3n) is 5.42. The van der Waals surface area contributed by atoms with Crippen molar-refractivity contribution in [3.05, 3.63) is 69.8 Å². The number of alkyl halides is 12. The first-order valence-electron chi connectivity index (χ1n) is 9.40. The molecule has 0 aliphatic carbocycles. The molecule has 2 aromatic carbocycles. The second-order valence-corrected chi connectivity index (χ2v) is 7.73. The summed E-state index contributed by atoms with van der Waals surface area (Å²) in [6.07, 6.45) is -21.0. The van der Waals surface area contributed by atoms with E-state index in [1.54, 1.807) is 0 Å². The Balaban J connectivity index is 2.05. The molecule has 0 spiro atoms. The molecule has 1 aliphatic heterocycles. The molecule has 0 unspecified atom stereocenters. The van der Waals surface area contributed by atoms with E-state index in [1.807, 2.05) is 0 Å². The largest absolute Gasteiger partial charge is 0.416 e. The third kappa shape index (κ3) is 5.43. The van der Waals surface area contributed by atoms with Crippen LogP contribution in [0.2, 0.25) is 0 Å². The van der Waals surface area contributed by atoms with Crippen LogP contribution in [0.4, 0.5) is 52.7 Å². The first-order chi connectivity index (χ1) is 15.3. The van der Waals surface area contributed by atoms with Crippen molar-refractivity contribution in [2.75, 3.05) is 0 Å². The summed E-state index contributed by atoms with van der Waals surface area (Å²) in [5.41, 5.74) is -7.51. The molecule has 1 fully saturated rings. The molecule has 0 aromatic heterocycles. The Morgan fingerprint density at radius 2 is 0.735 bits per heavy atom. The SMILES string of the molecule is NN1[C@H](c2cc(C(F)(F)F)cc(C(F)(F)F)c2)CC[C@H]1c1cc(C(F)(F)F)cc(C(F)(F)F)c1. The topological polar surface area (TPSA) is 29.3 Å². The van der Waals surface area contributed by atoms with Gasteiger partial charge in [0.25, 0.3) is 0 Å². The van der Waals surface area contributed by atoms with Crippen molar-refractivity contribution in [1.29, 1.82) is 0 Å². The molecule has 34 heavy (non-hydrogen) atoms. The van der Waals surface area contributed by atoms with Gasteiger partial charge in [0.05, 0.1) is 22.3 Å². The highest BCUT2D eigenvalue weighted by Crippen LogP contribution is 2.46. The van der Waals surface area contributed by atoms with Crippen LogP contribution in [0.5, 0.6) is 0 Å². The lowest BCUT2D eigenvalue weighted by Gasteiger charge is -2.28. The predicted molar refractivity (Wildman–Crippen MR) is 93.6 cm³/mol. The van der Waals surface area contributed by atoms with E-state index in [1.165, 1.54) is 0 Å². The fraction of sp³-hybridized carbons (Fsp3) is 0.400. The van der Waals surface area contributed by atoms with Gasteiger partial charge in [-0.25, -0.2) is 5.01 Å². The van der Waals surface area contributed by atoms with Crippen molar-refractivity contribution in [2.24, 2.45) is 5.84 Å². The van der Waals surface area contributed by atoms with Crippen molar-refractivity contribution in [3.8, 4) is 0 Å². The maximum atomic E-state index is 13.1. The van der Waals surface area contributed by atoms with Gasteiger partial charge < -0.3 is 0 Å². The molecular weight excluding hydrogens is 496 g/mol. The maximum Gasteiger partial charge on any atom is 0.416 e. The van der Waals surface area contributed by atoms with Gasteiger partial charge in [-0.1, -0.05) is 0 Å². The number of benzene rings is 2. The van der Waals surface area contributed by atoms with Crippen LogP contribution in [0.25, 0.3) is 0 Å². The number of nitrogens with two attached hydrogens (primary N) is 1. The molecule has 2 aromatic rings. The molecule has 14 heteroatoms. The summed E-state index contributed by atoms with van der Waals surface area (Å²) in [4.78, 5) is 0. The average molecular weight is 510 g/mol. The van der Waals surface area contributed by atoms with Crippen LogP contribution in [0.3, 0.4) is 0 Å². The highest BCUT2D eigenvalue weighted by Gasteiger charge is 2.42. The van der Waals surface area contributed by atoms with Crippen molar-refractivity contribution in [2.45, 2.75) is 49.6 Å². The van der Waals surface area contributed by atoms with Crippen molar-refractivity contribution < 1.29 is 52.7 Å². The highest BCUT2D eigenvalue weighted by atomic mass is 19.4. The predicted octanol–water partition coefficient (Wildman–Crippen LogP) is 7.51. The van der Waals surface area contributed by atoms with E-state index in [9.17, 15) is 52.7 Å². The van der Waals surface area contributed by atoms with E-state index in [0.29, 0.717) is 29.3 Å². The first kappa shape index (κ1) is 26.1. The monoisotopic (exact) mass is 510 g/mol. The fourth-order valence-electron chi connectivity index (χ4n) is 3.85.